The van der Waals surface area contributed by atoms with E-state index in [1.165, 1.54) is 11.9 Å². The molecule has 4 heterocycles. The molecule has 8 nitrogen and oxygen atoms in total. The van der Waals surface area contributed by atoms with Crippen molar-refractivity contribution in [2.45, 2.75) is 50.5 Å². The van der Waals surface area contributed by atoms with E-state index in [0.717, 1.165) is 35.2 Å². The smallest absolute Gasteiger partial charge is 0.164 e. The fourth-order valence-electron chi connectivity index (χ4n) is 4.47. The van der Waals surface area contributed by atoms with Crippen molar-refractivity contribution in [3.63, 3.8) is 0 Å². The van der Waals surface area contributed by atoms with Gasteiger partial charge in [-0.1, -0.05) is 18.2 Å². The Morgan fingerprint density at radius 1 is 1.21 bits per heavy atom. The number of nitrogens with zero attached hydrogens (tertiary/aromatic N) is 3. The number of fused-ring (bicyclic) bond motifs is 2. The van der Waals surface area contributed by atoms with Gasteiger partial charge < -0.3 is 29.9 Å². The van der Waals surface area contributed by atoms with Gasteiger partial charge in [-0.25, -0.2) is 9.97 Å². The average Bonchev–Trinajstić information content (AvgIpc) is 3.29. The fraction of sp³-hybridized carbons (Fsp3) is 0.429. The number of aromatic nitrogens is 3. The third-order valence-corrected chi connectivity index (χ3v) is 6.07. The summed E-state index contributed by atoms with van der Waals surface area (Å²) in [7, 11) is 0. The summed E-state index contributed by atoms with van der Waals surface area (Å²) < 4.78 is 7.70. The molecule has 0 amide bonds. The zero-order valence-corrected chi connectivity index (χ0v) is 16.1. The number of nitrogens with one attached hydrogen (secondary N) is 1. The Balaban J connectivity index is 1.48. The number of aliphatic hydroxyl groups excluding tert-OH is 3. The van der Waals surface area contributed by atoms with Crippen LogP contribution in [0.5, 0.6) is 0 Å². The van der Waals surface area contributed by atoms with Crippen molar-refractivity contribution in [3.8, 4) is 0 Å². The van der Waals surface area contributed by atoms with Crippen LogP contribution < -0.4 is 5.32 Å². The zero-order chi connectivity index (χ0) is 20.1. The van der Waals surface area contributed by atoms with E-state index in [1.54, 1.807) is 10.8 Å². The van der Waals surface area contributed by atoms with Crippen molar-refractivity contribution in [1.82, 2.24) is 19.9 Å². The SMILES string of the molecule is Cc1ncnc2c1ccn2[C@@H]1O[C@H](C(O)c2cccc3c2CNCC3)[C@@H](O)[C@H]1O. The summed E-state index contributed by atoms with van der Waals surface area (Å²) in [5, 5.41) is 36.6. The van der Waals surface area contributed by atoms with Gasteiger partial charge in [0, 0.05) is 18.1 Å². The lowest BCUT2D eigenvalue weighted by Crippen LogP contribution is -2.36. The molecular formula is C21H24N4O4. The summed E-state index contributed by atoms with van der Waals surface area (Å²) in [6, 6.07) is 7.69. The Hall–Kier alpha value is -2.36. The van der Waals surface area contributed by atoms with Gasteiger partial charge in [0.05, 0.1) is 5.69 Å². The summed E-state index contributed by atoms with van der Waals surface area (Å²) in [6.45, 7) is 3.45. The van der Waals surface area contributed by atoms with Crippen LogP contribution in [-0.2, 0) is 17.7 Å². The van der Waals surface area contributed by atoms with E-state index in [0.29, 0.717) is 12.2 Å². The minimum Gasteiger partial charge on any atom is -0.387 e. The minimum atomic E-state index is -1.23. The first-order chi connectivity index (χ1) is 14.1. The van der Waals surface area contributed by atoms with Crippen LogP contribution in [-0.4, -0.2) is 54.7 Å². The summed E-state index contributed by atoms with van der Waals surface area (Å²) in [6.07, 6.45) is -1.18. The van der Waals surface area contributed by atoms with Crippen LogP contribution in [0.1, 0.15) is 34.7 Å². The topological polar surface area (TPSA) is 113 Å². The Labute approximate surface area is 167 Å². The number of hydrogen-bond donors (Lipinski definition) is 4. The van der Waals surface area contributed by atoms with Crippen LogP contribution in [0.3, 0.4) is 0 Å². The van der Waals surface area contributed by atoms with Crippen molar-refractivity contribution >= 4 is 11.0 Å². The molecule has 5 atom stereocenters. The van der Waals surface area contributed by atoms with Crippen molar-refractivity contribution in [1.29, 1.82) is 0 Å². The number of aryl methyl sites for hydroxylation is 1. The van der Waals surface area contributed by atoms with Crippen molar-refractivity contribution < 1.29 is 20.1 Å². The molecule has 0 saturated carbocycles. The molecule has 2 aliphatic heterocycles. The molecule has 29 heavy (non-hydrogen) atoms. The van der Waals surface area contributed by atoms with E-state index in [9.17, 15) is 15.3 Å². The molecule has 0 bridgehead atoms. The molecule has 1 unspecified atom stereocenters. The molecule has 4 N–H and O–H groups in total. The third kappa shape index (κ3) is 2.95. The van der Waals surface area contributed by atoms with E-state index >= 15 is 0 Å². The lowest BCUT2D eigenvalue weighted by atomic mass is 9.90. The molecule has 8 heteroatoms. The van der Waals surface area contributed by atoms with E-state index in [4.69, 9.17) is 4.74 Å². The highest BCUT2D eigenvalue weighted by Crippen LogP contribution is 2.39. The van der Waals surface area contributed by atoms with Crippen LogP contribution in [0.25, 0.3) is 11.0 Å². The Bertz CT molecular complexity index is 1050. The predicted molar refractivity (Wildman–Crippen MR) is 105 cm³/mol. The summed E-state index contributed by atoms with van der Waals surface area (Å²) in [5.74, 6) is 0. The summed E-state index contributed by atoms with van der Waals surface area (Å²) in [4.78, 5) is 8.48. The molecule has 1 aromatic carbocycles. The normalized spacial score (nSPS) is 27.9. The van der Waals surface area contributed by atoms with Crippen LogP contribution >= 0.6 is 0 Å². The van der Waals surface area contributed by atoms with Gasteiger partial charge in [-0.3, -0.25) is 0 Å². The van der Waals surface area contributed by atoms with Gasteiger partial charge in [0.15, 0.2) is 6.23 Å². The highest BCUT2D eigenvalue weighted by atomic mass is 16.6. The first-order valence-electron chi connectivity index (χ1n) is 9.85. The maximum atomic E-state index is 11.1. The standard InChI is InChI=1S/C21H24N4O4/c1-11-13-6-8-25(20(13)24-10-23-11)21-18(28)17(27)19(29-21)16(26)14-4-2-3-12-5-7-22-9-15(12)14/h2-4,6,8,10,16-19,21-22,26-28H,5,7,9H2,1H3/t16?,17-,18+,19+,21+/m0/s1. The van der Waals surface area contributed by atoms with Crippen molar-refractivity contribution in [2.24, 2.45) is 0 Å². The molecule has 1 saturated heterocycles. The van der Waals surface area contributed by atoms with Gasteiger partial charge in [0.25, 0.3) is 0 Å². The molecule has 0 aliphatic carbocycles. The van der Waals surface area contributed by atoms with Gasteiger partial charge in [-0.15, -0.1) is 0 Å². The molecule has 2 aromatic heterocycles. The highest BCUT2D eigenvalue weighted by Gasteiger charge is 2.48. The van der Waals surface area contributed by atoms with E-state index in [2.05, 4.69) is 21.4 Å². The van der Waals surface area contributed by atoms with Gasteiger partial charge in [0.2, 0.25) is 0 Å². The maximum Gasteiger partial charge on any atom is 0.164 e. The Morgan fingerprint density at radius 2 is 2.07 bits per heavy atom. The van der Waals surface area contributed by atoms with Crippen molar-refractivity contribution in [3.05, 3.63) is 59.2 Å². The Kier molecular flexibility index (Phi) is 4.60. The molecule has 0 radical (unpaired) electrons. The van der Waals surface area contributed by atoms with Crippen LogP contribution in [0, 0.1) is 6.92 Å². The van der Waals surface area contributed by atoms with E-state index < -0.39 is 30.6 Å². The van der Waals surface area contributed by atoms with Crippen LogP contribution in [0.15, 0.2) is 36.8 Å². The second-order valence-electron chi connectivity index (χ2n) is 7.75. The number of ether oxygens (including phenoxy) is 1. The molecule has 1 fully saturated rings. The fourth-order valence-corrected chi connectivity index (χ4v) is 4.47. The van der Waals surface area contributed by atoms with Crippen molar-refractivity contribution in [2.75, 3.05) is 6.54 Å². The molecule has 5 rings (SSSR count). The number of aliphatic hydroxyl groups is 3. The van der Waals surface area contributed by atoms with Gasteiger partial charge >= 0.3 is 0 Å². The second-order valence-corrected chi connectivity index (χ2v) is 7.75. The van der Waals surface area contributed by atoms with Crippen LogP contribution in [0.4, 0.5) is 0 Å². The zero-order valence-electron chi connectivity index (χ0n) is 16.1. The third-order valence-electron chi connectivity index (χ3n) is 6.07. The quantitative estimate of drug-likeness (QED) is 0.516. The molecular weight excluding hydrogens is 372 g/mol. The number of rotatable bonds is 3. The first-order valence-corrected chi connectivity index (χ1v) is 9.85. The first kappa shape index (κ1) is 18.7. The largest absolute Gasteiger partial charge is 0.387 e. The lowest BCUT2D eigenvalue weighted by Gasteiger charge is -2.27. The van der Waals surface area contributed by atoms with Gasteiger partial charge in [-0.2, -0.15) is 0 Å². The summed E-state index contributed by atoms with van der Waals surface area (Å²) in [5.41, 5.74) is 4.39. The maximum absolute atomic E-state index is 11.1. The monoisotopic (exact) mass is 396 g/mol. The summed E-state index contributed by atoms with van der Waals surface area (Å²) >= 11 is 0. The average molecular weight is 396 g/mol. The van der Waals surface area contributed by atoms with Crippen LogP contribution in [0.2, 0.25) is 0 Å². The molecule has 3 aromatic rings. The number of hydrogen-bond acceptors (Lipinski definition) is 7. The van der Waals surface area contributed by atoms with Gasteiger partial charge in [0.1, 0.15) is 36.4 Å². The van der Waals surface area contributed by atoms with Gasteiger partial charge in [-0.05, 0) is 42.6 Å². The minimum absolute atomic E-state index is 0.616. The highest BCUT2D eigenvalue weighted by molar-refractivity contribution is 5.78. The van der Waals surface area contributed by atoms with E-state index in [1.807, 2.05) is 25.1 Å². The Morgan fingerprint density at radius 3 is 2.93 bits per heavy atom. The molecule has 2 aliphatic rings. The lowest BCUT2D eigenvalue weighted by molar-refractivity contribution is -0.0851. The second kappa shape index (κ2) is 7.16. The molecule has 152 valence electrons. The van der Waals surface area contributed by atoms with E-state index in [-0.39, 0.29) is 0 Å². The number of benzene rings is 1. The molecule has 0 spiro atoms. The predicted octanol–water partition coefficient (Wildman–Crippen LogP) is 0.738.